The normalized spacial score (nSPS) is 11.2. The van der Waals surface area contributed by atoms with Crippen molar-refractivity contribution in [1.82, 2.24) is 5.43 Å². The van der Waals surface area contributed by atoms with Crippen LogP contribution in [0.5, 0.6) is 17.2 Å². The average molecular weight is 382 g/mol. The van der Waals surface area contributed by atoms with Crippen LogP contribution in [0.2, 0.25) is 0 Å². The first kappa shape index (κ1) is 19.3. The molecule has 1 aromatic heterocycles. The quantitative estimate of drug-likeness (QED) is 0.493. The zero-order chi connectivity index (χ0) is 20.1. The van der Waals surface area contributed by atoms with Gasteiger partial charge in [-0.25, -0.2) is 5.43 Å². The van der Waals surface area contributed by atoms with Crippen molar-refractivity contribution in [2.75, 3.05) is 14.2 Å². The SMILES string of the molecule is COc1cccc(C=NNC(=O)c2cc3cccc(OC)c3o2)c1OC(C)C. The number of furan rings is 1. The first-order chi connectivity index (χ1) is 13.5. The first-order valence-electron chi connectivity index (χ1n) is 8.77. The van der Waals surface area contributed by atoms with Gasteiger partial charge in [-0.05, 0) is 38.1 Å². The molecule has 1 N–H and O–H groups in total. The van der Waals surface area contributed by atoms with Gasteiger partial charge < -0.3 is 18.6 Å². The molecule has 7 nitrogen and oxygen atoms in total. The van der Waals surface area contributed by atoms with Gasteiger partial charge in [-0.2, -0.15) is 5.10 Å². The fourth-order valence-corrected chi connectivity index (χ4v) is 2.68. The molecular formula is C21H22N2O5. The van der Waals surface area contributed by atoms with Gasteiger partial charge in [-0.3, -0.25) is 4.79 Å². The Morgan fingerprint density at radius 1 is 1.11 bits per heavy atom. The third-order valence-corrected chi connectivity index (χ3v) is 3.90. The summed E-state index contributed by atoms with van der Waals surface area (Å²) in [6.07, 6.45) is 1.46. The molecule has 3 rings (SSSR count). The molecule has 0 bridgehead atoms. The van der Waals surface area contributed by atoms with Gasteiger partial charge in [0.1, 0.15) is 0 Å². The number of methoxy groups -OCH3 is 2. The van der Waals surface area contributed by atoms with E-state index < -0.39 is 5.91 Å². The van der Waals surface area contributed by atoms with Gasteiger partial charge in [0, 0.05) is 10.9 Å². The van der Waals surface area contributed by atoms with E-state index in [1.165, 1.54) is 6.21 Å². The molecule has 0 saturated heterocycles. The van der Waals surface area contributed by atoms with E-state index in [-0.39, 0.29) is 11.9 Å². The standard InChI is InChI=1S/C21H22N2O5/c1-13(2)27-20-15(8-6-10-17(20)26-4)12-22-23-21(24)18-11-14-7-5-9-16(25-3)19(14)28-18/h5-13H,1-4H3,(H,23,24). The molecule has 0 aliphatic heterocycles. The van der Waals surface area contributed by atoms with Crippen molar-refractivity contribution < 1.29 is 23.4 Å². The van der Waals surface area contributed by atoms with E-state index in [4.69, 9.17) is 18.6 Å². The zero-order valence-electron chi connectivity index (χ0n) is 16.2. The zero-order valence-corrected chi connectivity index (χ0v) is 16.2. The number of rotatable bonds is 7. The monoisotopic (exact) mass is 382 g/mol. The molecule has 2 aromatic carbocycles. The van der Waals surface area contributed by atoms with E-state index in [0.717, 1.165) is 5.39 Å². The van der Waals surface area contributed by atoms with Crippen molar-refractivity contribution in [2.45, 2.75) is 20.0 Å². The van der Waals surface area contributed by atoms with Gasteiger partial charge in [-0.1, -0.05) is 18.2 Å². The molecule has 28 heavy (non-hydrogen) atoms. The predicted molar refractivity (Wildman–Crippen MR) is 107 cm³/mol. The predicted octanol–water partition coefficient (Wildman–Crippen LogP) is 4.00. The first-order valence-corrected chi connectivity index (χ1v) is 8.77. The van der Waals surface area contributed by atoms with Crippen LogP contribution >= 0.6 is 0 Å². The minimum absolute atomic E-state index is 0.0384. The lowest BCUT2D eigenvalue weighted by molar-refractivity contribution is 0.0929. The van der Waals surface area contributed by atoms with Crippen LogP contribution in [-0.4, -0.2) is 32.4 Å². The number of amides is 1. The molecule has 0 radical (unpaired) electrons. The third kappa shape index (κ3) is 4.09. The number of carbonyl (C=O) groups excluding carboxylic acids is 1. The molecule has 0 saturated carbocycles. The topological polar surface area (TPSA) is 82.3 Å². The van der Waals surface area contributed by atoms with Gasteiger partial charge in [0.05, 0.1) is 26.5 Å². The summed E-state index contributed by atoms with van der Waals surface area (Å²) in [5.41, 5.74) is 3.66. The minimum atomic E-state index is -0.469. The van der Waals surface area contributed by atoms with E-state index in [1.807, 2.05) is 38.1 Å². The van der Waals surface area contributed by atoms with Crippen LogP contribution in [0.4, 0.5) is 0 Å². The second-order valence-electron chi connectivity index (χ2n) is 6.23. The highest BCUT2D eigenvalue weighted by atomic mass is 16.5. The van der Waals surface area contributed by atoms with E-state index in [1.54, 1.807) is 32.4 Å². The largest absolute Gasteiger partial charge is 0.493 e. The molecule has 0 aliphatic rings. The van der Waals surface area contributed by atoms with Crippen molar-refractivity contribution in [2.24, 2.45) is 5.10 Å². The number of hydrogen-bond donors (Lipinski definition) is 1. The number of hydrogen-bond acceptors (Lipinski definition) is 6. The van der Waals surface area contributed by atoms with Crippen LogP contribution in [0.25, 0.3) is 11.0 Å². The Kier molecular flexibility index (Phi) is 5.84. The highest BCUT2D eigenvalue weighted by Gasteiger charge is 2.15. The third-order valence-electron chi connectivity index (χ3n) is 3.90. The lowest BCUT2D eigenvalue weighted by Crippen LogP contribution is -2.17. The Balaban J connectivity index is 1.79. The number of nitrogens with zero attached hydrogens (tertiary/aromatic N) is 1. The fraction of sp³-hybridized carbons (Fsp3) is 0.238. The van der Waals surface area contributed by atoms with Crippen molar-refractivity contribution in [1.29, 1.82) is 0 Å². The van der Waals surface area contributed by atoms with Gasteiger partial charge >= 0.3 is 5.91 Å². The molecule has 0 aliphatic carbocycles. The summed E-state index contributed by atoms with van der Waals surface area (Å²) >= 11 is 0. The number of fused-ring (bicyclic) bond motifs is 1. The summed E-state index contributed by atoms with van der Waals surface area (Å²) in [6.45, 7) is 3.84. The Morgan fingerprint density at radius 3 is 2.54 bits per heavy atom. The van der Waals surface area contributed by atoms with Crippen LogP contribution in [0.1, 0.15) is 30.0 Å². The van der Waals surface area contributed by atoms with Crippen LogP contribution in [0, 0.1) is 0 Å². The van der Waals surface area contributed by atoms with Crippen molar-refractivity contribution in [3.63, 3.8) is 0 Å². The van der Waals surface area contributed by atoms with Crippen LogP contribution in [0.15, 0.2) is 52.0 Å². The van der Waals surface area contributed by atoms with Crippen molar-refractivity contribution in [3.05, 3.63) is 53.8 Å². The number of nitrogens with one attached hydrogen (secondary N) is 1. The number of hydrazone groups is 1. The summed E-state index contributed by atoms with van der Waals surface area (Å²) in [7, 11) is 3.12. The van der Waals surface area contributed by atoms with E-state index in [0.29, 0.717) is 28.4 Å². The minimum Gasteiger partial charge on any atom is -0.493 e. The summed E-state index contributed by atoms with van der Waals surface area (Å²) in [6, 6.07) is 12.5. The van der Waals surface area contributed by atoms with Crippen LogP contribution in [-0.2, 0) is 0 Å². The number of para-hydroxylation sites is 2. The molecule has 0 atom stereocenters. The summed E-state index contributed by atoms with van der Waals surface area (Å²) < 4.78 is 22.0. The molecule has 1 heterocycles. The number of carbonyl (C=O) groups is 1. The second kappa shape index (κ2) is 8.47. The number of benzene rings is 2. The summed E-state index contributed by atoms with van der Waals surface area (Å²) in [5, 5.41) is 4.79. The molecule has 0 spiro atoms. The second-order valence-corrected chi connectivity index (χ2v) is 6.23. The molecule has 146 valence electrons. The van der Waals surface area contributed by atoms with Crippen molar-refractivity contribution >= 4 is 23.1 Å². The summed E-state index contributed by atoms with van der Waals surface area (Å²) in [4.78, 5) is 12.4. The maximum absolute atomic E-state index is 12.4. The molecule has 3 aromatic rings. The van der Waals surface area contributed by atoms with Crippen LogP contribution in [0.3, 0.4) is 0 Å². The van der Waals surface area contributed by atoms with E-state index >= 15 is 0 Å². The molecule has 0 unspecified atom stereocenters. The molecule has 7 heteroatoms. The Bertz CT molecular complexity index is 1010. The van der Waals surface area contributed by atoms with E-state index in [9.17, 15) is 4.79 Å². The Morgan fingerprint density at radius 2 is 1.82 bits per heavy atom. The maximum Gasteiger partial charge on any atom is 0.307 e. The fourth-order valence-electron chi connectivity index (χ4n) is 2.68. The Hall–Kier alpha value is -3.48. The maximum atomic E-state index is 12.4. The van der Waals surface area contributed by atoms with Gasteiger partial charge in [0.25, 0.3) is 0 Å². The molecule has 0 fully saturated rings. The Labute approximate surface area is 162 Å². The smallest absolute Gasteiger partial charge is 0.307 e. The lowest BCUT2D eigenvalue weighted by Gasteiger charge is -2.15. The van der Waals surface area contributed by atoms with Gasteiger partial charge in [0.2, 0.25) is 0 Å². The molecule has 1 amide bonds. The average Bonchev–Trinajstić information content (AvgIpc) is 3.13. The highest BCUT2D eigenvalue weighted by Crippen LogP contribution is 2.31. The molecular weight excluding hydrogens is 360 g/mol. The number of ether oxygens (including phenoxy) is 3. The van der Waals surface area contributed by atoms with Gasteiger partial charge in [0.15, 0.2) is 28.6 Å². The van der Waals surface area contributed by atoms with Gasteiger partial charge in [-0.15, -0.1) is 0 Å². The van der Waals surface area contributed by atoms with Crippen LogP contribution < -0.4 is 19.6 Å². The lowest BCUT2D eigenvalue weighted by atomic mass is 10.2. The highest BCUT2D eigenvalue weighted by molar-refractivity contribution is 5.97. The van der Waals surface area contributed by atoms with Crippen molar-refractivity contribution in [3.8, 4) is 17.2 Å². The summed E-state index contributed by atoms with van der Waals surface area (Å²) in [5.74, 6) is 1.39. The van der Waals surface area contributed by atoms with E-state index in [2.05, 4.69) is 10.5 Å².